The maximum absolute atomic E-state index is 13.8. The molecule has 3 aromatic carbocycles. The topological polar surface area (TPSA) is 92.5 Å². The van der Waals surface area contributed by atoms with Gasteiger partial charge in [0.1, 0.15) is 0 Å². The molecule has 6 rings (SSSR count). The Morgan fingerprint density at radius 2 is 1.73 bits per heavy atom. The Hall–Kier alpha value is -3.99. The van der Waals surface area contributed by atoms with Crippen molar-refractivity contribution in [3.63, 3.8) is 0 Å². The lowest BCUT2D eigenvalue weighted by molar-refractivity contribution is 0.0780. The van der Waals surface area contributed by atoms with Gasteiger partial charge in [-0.3, -0.25) is 4.79 Å². The van der Waals surface area contributed by atoms with Gasteiger partial charge in [-0.15, -0.1) is 12.4 Å². The van der Waals surface area contributed by atoms with Crippen LogP contribution in [0, 0.1) is 0 Å². The van der Waals surface area contributed by atoms with Gasteiger partial charge in [0.05, 0.1) is 31.9 Å². The van der Waals surface area contributed by atoms with E-state index < -0.39 is 0 Å². The molecule has 2 saturated heterocycles. The van der Waals surface area contributed by atoms with Crippen LogP contribution in [0.1, 0.15) is 42.1 Å². The summed E-state index contributed by atoms with van der Waals surface area (Å²) >= 11 is 0. The van der Waals surface area contributed by atoms with Crippen molar-refractivity contribution in [1.82, 2.24) is 19.4 Å². The maximum atomic E-state index is 13.8. The number of fused-ring (bicyclic) bond motifs is 1. The normalized spacial score (nSPS) is 18.5. The van der Waals surface area contributed by atoms with Gasteiger partial charge in [0.2, 0.25) is 11.7 Å². The van der Waals surface area contributed by atoms with E-state index in [1.807, 2.05) is 24.0 Å². The molecule has 4 aromatic rings. The van der Waals surface area contributed by atoms with E-state index in [9.17, 15) is 9.90 Å². The molecule has 0 radical (unpaired) electrons. The molecule has 1 aromatic heterocycles. The summed E-state index contributed by atoms with van der Waals surface area (Å²) < 4.78 is 18.7. The van der Waals surface area contributed by atoms with Gasteiger partial charge >= 0.3 is 0 Å². The number of hydrogen-bond acceptors (Lipinski definition) is 8. The van der Waals surface area contributed by atoms with Crippen LogP contribution in [0.15, 0.2) is 66.7 Å². The SMILES string of the molecule is CCOCCn1c(N2CCCN(CCC3(c4ccccc4)CCN(C(=O)c4cc(O)c(OC)c(OC)c4)C3)CC2)nc2ccccc21.Cl. The van der Waals surface area contributed by atoms with E-state index in [4.69, 9.17) is 19.2 Å². The van der Waals surface area contributed by atoms with Crippen molar-refractivity contribution in [2.75, 3.05) is 78.1 Å². The number of aromatic hydroxyl groups is 1. The van der Waals surface area contributed by atoms with E-state index in [0.29, 0.717) is 37.6 Å². The summed E-state index contributed by atoms with van der Waals surface area (Å²) in [6.45, 7) is 10.2. The van der Waals surface area contributed by atoms with Crippen LogP contribution in [0.2, 0.25) is 0 Å². The molecular formula is C37H48ClN5O5. The molecule has 1 unspecified atom stereocenters. The van der Waals surface area contributed by atoms with Crippen molar-refractivity contribution >= 4 is 35.3 Å². The maximum Gasteiger partial charge on any atom is 0.254 e. The summed E-state index contributed by atoms with van der Waals surface area (Å²) in [6, 6.07) is 22.1. The number of likely N-dealkylation sites (tertiary alicyclic amines) is 1. The summed E-state index contributed by atoms with van der Waals surface area (Å²) in [4.78, 5) is 25.8. The number of aromatic nitrogens is 2. The number of amides is 1. The number of phenols is 1. The first-order valence-corrected chi connectivity index (χ1v) is 16.8. The second-order valence-electron chi connectivity index (χ2n) is 12.5. The smallest absolute Gasteiger partial charge is 0.254 e. The third-order valence-corrected chi connectivity index (χ3v) is 9.81. The number of carbonyl (C=O) groups excluding carboxylic acids is 1. The fraction of sp³-hybridized carbons (Fsp3) is 0.459. The van der Waals surface area contributed by atoms with Crippen molar-refractivity contribution in [2.24, 2.45) is 0 Å². The molecule has 0 aliphatic carbocycles. The van der Waals surface area contributed by atoms with Crippen molar-refractivity contribution < 1.29 is 24.1 Å². The highest BCUT2D eigenvalue weighted by Crippen LogP contribution is 2.41. The van der Waals surface area contributed by atoms with Crippen molar-refractivity contribution in [2.45, 2.75) is 38.1 Å². The summed E-state index contributed by atoms with van der Waals surface area (Å²) in [6.07, 6.45) is 2.89. The van der Waals surface area contributed by atoms with Gasteiger partial charge in [0.15, 0.2) is 11.5 Å². The fourth-order valence-corrected chi connectivity index (χ4v) is 7.26. The fourth-order valence-electron chi connectivity index (χ4n) is 7.26. The summed E-state index contributed by atoms with van der Waals surface area (Å²) in [5.74, 6) is 1.37. The van der Waals surface area contributed by atoms with Crippen LogP contribution in [-0.2, 0) is 16.7 Å². The van der Waals surface area contributed by atoms with Gasteiger partial charge in [-0.1, -0.05) is 42.5 Å². The van der Waals surface area contributed by atoms with Crippen LogP contribution < -0.4 is 14.4 Å². The third kappa shape index (κ3) is 7.36. The zero-order valence-corrected chi connectivity index (χ0v) is 29.1. The number of phenolic OH excluding ortho intramolecular Hbond substituents is 1. The Balaban J connectivity index is 0.00000451. The molecule has 1 N–H and O–H groups in total. The van der Waals surface area contributed by atoms with E-state index in [-0.39, 0.29) is 35.2 Å². The number of carbonyl (C=O) groups is 1. The number of para-hydroxylation sites is 2. The van der Waals surface area contributed by atoms with Crippen LogP contribution in [0.4, 0.5) is 5.95 Å². The Kier molecular flexibility index (Phi) is 11.7. The highest BCUT2D eigenvalue weighted by atomic mass is 35.5. The Bertz CT molecular complexity index is 1670. The van der Waals surface area contributed by atoms with E-state index in [2.05, 4.69) is 56.8 Å². The third-order valence-electron chi connectivity index (χ3n) is 9.81. The first kappa shape index (κ1) is 35.3. The molecule has 2 aliphatic heterocycles. The second-order valence-corrected chi connectivity index (χ2v) is 12.5. The average molecular weight is 678 g/mol. The van der Waals surface area contributed by atoms with Gasteiger partial charge in [0.25, 0.3) is 5.91 Å². The van der Waals surface area contributed by atoms with Crippen LogP contribution >= 0.6 is 12.4 Å². The standard InChI is InChI=1S/C37H47N5O5.ClH/c1-4-47-24-23-42-31-14-9-8-13-30(31)38-36(42)40-18-10-17-39(21-22-40)19-15-37(29-11-6-5-7-12-29)16-20-41(27-37)35(44)28-25-32(43)34(46-3)33(26-28)45-2;/h5-9,11-14,25-26,43H,4,10,15-24,27H2,1-3H3;1H. The van der Waals surface area contributed by atoms with Crippen LogP contribution in [0.25, 0.3) is 11.0 Å². The zero-order valence-electron chi connectivity index (χ0n) is 28.3. The number of benzene rings is 3. The van der Waals surface area contributed by atoms with Gasteiger partial charge < -0.3 is 38.6 Å². The highest BCUT2D eigenvalue weighted by Gasteiger charge is 2.42. The number of anilines is 1. The monoisotopic (exact) mass is 677 g/mol. The molecule has 3 heterocycles. The van der Waals surface area contributed by atoms with Crippen molar-refractivity contribution in [1.29, 1.82) is 0 Å². The molecule has 11 heteroatoms. The van der Waals surface area contributed by atoms with E-state index in [0.717, 1.165) is 75.5 Å². The van der Waals surface area contributed by atoms with Crippen LogP contribution in [0.5, 0.6) is 17.2 Å². The molecule has 0 spiro atoms. The minimum atomic E-state index is -0.158. The Labute approximate surface area is 289 Å². The van der Waals surface area contributed by atoms with Gasteiger partial charge in [-0.2, -0.15) is 0 Å². The van der Waals surface area contributed by atoms with E-state index in [1.54, 1.807) is 6.07 Å². The Morgan fingerprint density at radius 3 is 2.50 bits per heavy atom. The minimum absolute atomic E-state index is 0. The predicted octanol–water partition coefficient (Wildman–Crippen LogP) is 5.60. The zero-order chi connectivity index (χ0) is 32.8. The van der Waals surface area contributed by atoms with E-state index in [1.165, 1.54) is 25.8 Å². The average Bonchev–Trinajstić information content (AvgIpc) is 3.62. The molecule has 1 atom stereocenters. The van der Waals surface area contributed by atoms with Crippen molar-refractivity contribution in [3.8, 4) is 17.2 Å². The number of methoxy groups -OCH3 is 2. The molecule has 0 saturated carbocycles. The molecule has 48 heavy (non-hydrogen) atoms. The lowest BCUT2D eigenvalue weighted by Crippen LogP contribution is -2.39. The summed E-state index contributed by atoms with van der Waals surface area (Å²) in [7, 11) is 2.97. The first-order chi connectivity index (χ1) is 23.0. The summed E-state index contributed by atoms with van der Waals surface area (Å²) in [5, 5.41) is 10.5. The van der Waals surface area contributed by atoms with E-state index >= 15 is 0 Å². The second kappa shape index (κ2) is 15.9. The lowest BCUT2D eigenvalue weighted by Gasteiger charge is -2.33. The lowest BCUT2D eigenvalue weighted by atomic mass is 9.76. The predicted molar refractivity (Wildman–Crippen MR) is 191 cm³/mol. The number of nitrogens with zero attached hydrogens (tertiary/aromatic N) is 5. The molecule has 258 valence electrons. The number of rotatable bonds is 12. The van der Waals surface area contributed by atoms with Gasteiger partial charge in [0, 0.05) is 56.9 Å². The number of ether oxygens (including phenoxy) is 3. The molecule has 0 bridgehead atoms. The molecular weight excluding hydrogens is 630 g/mol. The Morgan fingerprint density at radius 1 is 0.938 bits per heavy atom. The van der Waals surface area contributed by atoms with Crippen molar-refractivity contribution in [3.05, 3.63) is 77.9 Å². The van der Waals surface area contributed by atoms with Gasteiger partial charge in [-0.25, -0.2) is 4.98 Å². The first-order valence-electron chi connectivity index (χ1n) is 16.8. The van der Waals surface area contributed by atoms with Crippen LogP contribution in [0.3, 0.4) is 0 Å². The number of hydrogen-bond donors (Lipinski definition) is 1. The highest BCUT2D eigenvalue weighted by molar-refractivity contribution is 5.96. The molecule has 10 nitrogen and oxygen atoms in total. The largest absolute Gasteiger partial charge is 0.504 e. The minimum Gasteiger partial charge on any atom is -0.504 e. The summed E-state index contributed by atoms with van der Waals surface area (Å²) in [5.41, 5.74) is 3.67. The van der Waals surface area contributed by atoms with Gasteiger partial charge in [-0.05, 0) is 69.1 Å². The molecule has 2 fully saturated rings. The number of imidazole rings is 1. The number of halogens is 1. The molecule has 2 aliphatic rings. The quantitative estimate of drug-likeness (QED) is 0.194. The van der Waals surface area contributed by atoms with Crippen LogP contribution in [-0.4, -0.2) is 104 Å². The molecule has 1 amide bonds.